The van der Waals surface area contributed by atoms with Crippen molar-refractivity contribution in [1.82, 2.24) is 9.97 Å². The lowest BCUT2D eigenvalue weighted by molar-refractivity contribution is 0.395. The van der Waals surface area contributed by atoms with Crippen LogP contribution in [-0.4, -0.2) is 17.1 Å². The van der Waals surface area contributed by atoms with Gasteiger partial charge in [-0.25, -0.2) is 4.98 Å². The van der Waals surface area contributed by atoms with Crippen molar-refractivity contribution in [3.63, 3.8) is 0 Å². The molecule has 0 spiro atoms. The first-order valence-corrected chi connectivity index (χ1v) is 3.90. The second-order valence-corrected chi connectivity index (χ2v) is 2.24. The molecule has 0 fully saturated rings. The average Bonchev–Trinajstić information content (AvgIpc) is 2.05. The molecule has 0 aliphatic carbocycles. The molecule has 0 saturated carbocycles. The van der Waals surface area contributed by atoms with Crippen LogP contribution in [0.25, 0.3) is 0 Å². The number of halogens is 1. The van der Waals surface area contributed by atoms with E-state index in [2.05, 4.69) is 25.9 Å². The maximum absolute atomic E-state index is 4.82. The van der Waals surface area contributed by atoms with E-state index in [1.165, 1.54) is 0 Å². The van der Waals surface area contributed by atoms with Crippen molar-refractivity contribution in [3.05, 3.63) is 18.1 Å². The highest BCUT2D eigenvalue weighted by atomic mass is 79.9. The maximum atomic E-state index is 4.82. The standard InChI is InChI=1S/C6H7BrN2O/c1-10-6-4-8-5(2-7)3-9-6/h3-4H,2H2,1H3. The van der Waals surface area contributed by atoms with Gasteiger partial charge in [0, 0.05) is 5.33 Å². The van der Waals surface area contributed by atoms with Crippen molar-refractivity contribution < 1.29 is 4.74 Å². The first-order valence-electron chi connectivity index (χ1n) is 2.77. The summed E-state index contributed by atoms with van der Waals surface area (Å²) in [5.41, 5.74) is 0.904. The molecule has 4 heteroatoms. The summed E-state index contributed by atoms with van der Waals surface area (Å²) in [6.45, 7) is 0. The number of nitrogens with zero attached hydrogens (tertiary/aromatic N) is 2. The summed E-state index contributed by atoms with van der Waals surface area (Å²) < 4.78 is 4.82. The molecule has 10 heavy (non-hydrogen) atoms. The first-order chi connectivity index (χ1) is 4.86. The third-order valence-corrected chi connectivity index (χ3v) is 1.60. The zero-order valence-electron chi connectivity index (χ0n) is 5.54. The molecule has 1 aromatic rings. The van der Waals surface area contributed by atoms with Crippen LogP contribution in [0.2, 0.25) is 0 Å². The SMILES string of the molecule is COc1cnc(CBr)cn1. The Hall–Kier alpha value is -0.640. The molecule has 0 saturated heterocycles. The van der Waals surface area contributed by atoms with E-state index in [1.807, 2.05) is 0 Å². The van der Waals surface area contributed by atoms with Gasteiger partial charge in [0.15, 0.2) is 0 Å². The smallest absolute Gasteiger partial charge is 0.231 e. The second kappa shape index (κ2) is 3.51. The molecule has 0 aliphatic heterocycles. The van der Waals surface area contributed by atoms with Gasteiger partial charge in [-0.3, -0.25) is 4.98 Å². The van der Waals surface area contributed by atoms with Crippen molar-refractivity contribution in [2.24, 2.45) is 0 Å². The van der Waals surface area contributed by atoms with E-state index < -0.39 is 0 Å². The lowest BCUT2D eigenvalue weighted by Gasteiger charge is -1.96. The zero-order valence-corrected chi connectivity index (χ0v) is 7.13. The molecule has 0 N–H and O–H groups in total. The number of methoxy groups -OCH3 is 1. The fourth-order valence-corrected chi connectivity index (χ4v) is 0.807. The molecule has 3 nitrogen and oxygen atoms in total. The summed E-state index contributed by atoms with van der Waals surface area (Å²) >= 11 is 3.26. The predicted octanol–water partition coefficient (Wildman–Crippen LogP) is 1.38. The largest absolute Gasteiger partial charge is 0.480 e. The summed E-state index contributed by atoms with van der Waals surface area (Å²) in [6.07, 6.45) is 3.27. The van der Waals surface area contributed by atoms with Crippen molar-refractivity contribution in [2.45, 2.75) is 5.33 Å². The molecule has 0 bridgehead atoms. The van der Waals surface area contributed by atoms with Crippen LogP contribution in [0.3, 0.4) is 0 Å². The highest BCUT2D eigenvalue weighted by Gasteiger charge is 1.92. The number of rotatable bonds is 2. The Morgan fingerprint density at radius 2 is 2.30 bits per heavy atom. The van der Waals surface area contributed by atoms with Crippen LogP contribution in [0.15, 0.2) is 12.4 Å². The molecule has 0 amide bonds. The van der Waals surface area contributed by atoms with Gasteiger partial charge in [0.25, 0.3) is 0 Å². The quantitative estimate of drug-likeness (QED) is 0.681. The van der Waals surface area contributed by atoms with Gasteiger partial charge in [0.2, 0.25) is 5.88 Å². The monoisotopic (exact) mass is 202 g/mol. The third-order valence-electron chi connectivity index (χ3n) is 1.03. The molecule has 54 valence electrons. The summed E-state index contributed by atoms with van der Waals surface area (Å²) in [7, 11) is 1.57. The molecular weight excluding hydrogens is 196 g/mol. The Morgan fingerprint density at radius 1 is 1.50 bits per heavy atom. The van der Waals surface area contributed by atoms with Gasteiger partial charge in [-0.2, -0.15) is 0 Å². The number of ether oxygens (including phenoxy) is 1. The molecular formula is C6H7BrN2O. The fourth-order valence-electron chi connectivity index (χ4n) is 0.517. The Morgan fingerprint density at radius 3 is 2.70 bits per heavy atom. The van der Waals surface area contributed by atoms with E-state index in [1.54, 1.807) is 19.5 Å². The van der Waals surface area contributed by atoms with Gasteiger partial charge in [0.05, 0.1) is 25.2 Å². The fraction of sp³-hybridized carbons (Fsp3) is 0.333. The van der Waals surface area contributed by atoms with Crippen molar-refractivity contribution >= 4 is 15.9 Å². The van der Waals surface area contributed by atoms with Crippen LogP contribution in [-0.2, 0) is 5.33 Å². The Kier molecular flexibility index (Phi) is 2.62. The van der Waals surface area contributed by atoms with Gasteiger partial charge in [-0.05, 0) is 0 Å². The summed E-state index contributed by atoms with van der Waals surface area (Å²) in [6, 6.07) is 0. The summed E-state index contributed by atoms with van der Waals surface area (Å²) in [5.74, 6) is 0.546. The highest BCUT2D eigenvalue weighted by molar-refractivity contribution is 9.08. The summed E-state index contributed by atoms with van der Waals surface area (Å²) in [4.78, 5) is 7.99. The first kappa shape index (κ1) is 7.47. The van der Waals surface area contributed by atoms with Crippen molar-refractivity contribution in [2.75, 3.05) is 7.11 Å². The van der Waals surface area contributed by atoms with E-state index in [4.69, 9.17) is 4.74 Å². The topological polar surface area (TPSA) is 35.0 Å². The number of hydrogen-bond acceptors (Lipinski definition) is 3. The predicted molar refractivity (Wildman–Crippen MR) is 41.2 cm³/mol. The zero-order chi connectivity index (χ0) is 7.40. The molecule has 0 atom stereocenters. The van der Waals surface area contributed by atoms with Crippen LogP contribution in [0, 0.1) is 0 Å². The second-order valence-electron chi connectivity index (χ2n) is 1.68. The van der Waals surface area contributed by atoms with E-state index in [-0.39, 0.29) is 0 Å². The number of hydrogen-bond donors (Lipinski definition) is 0. The van der Waals surface area contributed by atoms with E-state index in [0.717, 1.165) is 11.0 Å². The van der Waals surface area contributed by atoms with E-state index in [0.29, 0.717) is 5.88 Å². The highest BCUT2D eigenvalue weighted by Crippen LogP contribution is 2.04. The molecule has 1 heterocycles. The number of aromatic nitrogens is 2. The van der Waals surface area contributed by atoms with Gasteiger partial charge in [-0.15, -0.1) is 0 Å². The van der Waals surface area contributed by atoms with Gasteiger partial charge >= 0.3 is 0 Å². The summed E-state index contributed by atoms with van der Waals surface area (Å²) in [5, 5.41) is 0.726. The van der Waals surface area contributed by atoms with Crippen LogP contribution < -0.4 is 4.74 Å². The minimum Gasteiger partial charge on any atom is -0.480 e. The van der Waals surface area contributed by atoms with Crippen LogP contribution in [0.1, 0.15) is 5.69 Å². The van der Waals surface area contributed by atoms with Gasteiger partial charge < -0.3 is 4.74 Å². The lowest BCUT2D eigenvalue weighted by Crippen LogP contribution is -1.90. The van der Waals surface area contributed by atoms with Crippen molar-refractivity contribution in [3.8, 4) is 5.88 Å². The molecule has 0 aromatic carbocycles. The normalized spacial score (nSPS) is 9.40. The van der Waals surface area contributed by atoms with Crippen LogP contribution in [0.4, 0.5) is 0 Å². The Bertz CT molecular complexity index is 176. The van der Waals surface area contributed by atoms with Gasteiger partial charge in [0.1, 0.15) is 0 Å². The van der Waals surface area contributed by atoms with Crippen molar-refractivity contribution in [1.29, 1.82) is 0 Å². The Balaban J connectivity index is 2.80. The molecule has 0 radical (unpaired) electrons. The molecule has 0 unspecified atom stereocenters. The third kappa shape index (κ3) is 1.67. The minimum absolute atomic E-state index is 0.546. The molecule has 1 aromatic heterocycles. The maximum Gasteiger partial charge on any atom is 0.231 e. The lowest BCUT2D eigenvalue weighted by atomic mass is 10.5. The van der Waals surface area contributed by atoms with E-state index in [9.17, 15) is 0 Å². The van der Waals surface area contributed by atoms with Gasteiger partial charge in [-0.1, -0.05) is 15.9 Å². The minimum atomic E-state index is 0.546. The van der Waals surface area contributed by atoms with Crippen LogP contribution >= 0.6 is 15.9 Å². The number of alkyl halides is 1. The average molecular weight is 203 g/mol. The molecule has 1 rings (SSSR count). The Labute approximate surface area is 67.6 Å². The van der Waals surface area contributed by atoms with E-state index >= 15 is 0 Å². The molecule has 0 aliphatic rings. The van der Waals surface area contributed by atoms with Crippen LogP contribution in [0.5, 0.6) is 5.88 Å².